The lowest BCUT2D eigenvalue weighted by molar-refractivity contribution is -0.384. The fourth-order valence-electron chi connectivity index (χ4n) is 2.57. The number of nitro benzene ring substituents is 1. The molecule has 0 atom stereocenters. The van der Waals surface area contributed by atoms with Crippen molar-refractivity contribution >= 4 is 34.3 Å². The van der Waals surface area contributed by atoms with Gasteiger partial charge < -0.3 is 20.4 Å². The number of non-ortho nitro benzene ring substituents is 1. The van der Waals surface area contributed by atoms with Crippen molar-refractivity contribution in [3.63, 3.8) is 0 Å². The number of nitrogens with one attached hydrogen (secondary N) is 1. The van der Waals surface area contributed by atoms with E-state index in [1.54, 1.807) is 17.9 Å². The van der Waals surface area contributed by atoms with Crippen LogP contribution in [0.5, 0.6) is 0 Å². The molecule has 3 rings (SSSR count). The number of carbonyl (C=O) groups excluding carboxylic acids is 1. The molecule has 0 saturated heterocycles. The number of aromatic nitrogens is 4. The van der Waals surface area contributed by atoms with E-state index in [-0.39, 0.29) is 17.9 Å². The Bertz CT molecular complexity index is 1000. The number of rotatable bonds is 7. The molecule has 11 nitrogen and oxygen atoms in total. The van der Waals surface area contributed by atoms with Crippen molar-refractivity contribution in [1.82, 2.24) is 19.5 Å². The number of carbonyl (C=O) groups is 1. The predicted octanol–water partition coefficient (Wildman–Crippen LogP) is 1.61. The number of esters is 1. The maximum absolute atomic E-state index is 12.3. The van der Waals surface area contributed by atoms with Gasteiger partial charge in [-0.2, -0.15) is 0 Å². The number of nitrogen functional groups attached to an aromatic ring is 1. The molecule has 0 bridgehead atoms. The first-order valence-electron chi connectivity index (χ1n) is 8.06. The zero-order chi connectivity index (χ0) is 19.4. The molecule has 0 spiro atoms. The van der Waals surface area contributed by atoms with Crippen molar-refractivity contribution < 1.29 is 14.5 Å². The molecular weight excluding hydrogens is 354 g/mol. The first-order valence-corrected chi connectivity index (χ1v) is 8.06. The first kappa shape index (κ1) is 18.0. The minimum atomic E-state index is -0.634. The summed E-state index contributed by atoms with van der Waals surface area (Å²) in [6.45, 7) is 0.638. The van der Waals surface area contributed by atoms with Crippen LogP contribution in [0, 0.1) is 10.1 Å². The number of nitro groups is 1. The van der Waals surface area contributed by atoms with Gasteiger partial charge in [0, 0.05) is 31.4 Å². The Hall–Kier alpha value is -3.76. The second-order valence-corrected chi connectivity index (χ2v) is 5.60. The standard InChI is InChI=1S/C16H17N7O4/c1-18-12-4-3-10(23(25)26)7-11(12)16(24)27-6-2-5-22-9-21-13-14(17)19-8-20-15(13)22/h3-4,7-9,18H,2,5-6H2,1H3,(H2,17,19,20). The van der Waals surface area contributed by atoms with E-state index in [0.717, 1.165) is 0 Å². The number of benzene rings is 1. The van der Waals surface area contributed by atoms with Crippen LogP contribution in [0.4, 0.5) is 17.2 Å². The fraction of sp³-hybridized carbons (Fsp3) is 0.250. The molecule has 27 heavy (non-hydrogen) atoms. The largest absolute Gasteiger partial charge is 0.462 e. The molecule has 0 fully saturated rings. The van der Waals surface area contributed by atoms with Crippen LogP contribution >= 0.6 is 0 Å². The zero-order valence-electron chi connectivity index (χ0n) is 14.5. The minimum absolute atomic E-state index is 0.111. The summed E-state index contributed by atoms with van der Waals surface area (Å²) in [6, 6.07) is 3.98. The highest BCUT2D eigenvalue weighted by Gasteiger charge is 2.17. The van der Waals surface area contributed by atoms with Crippen molar-refractivity contribution in [2.75, 3.05) is 24.7 Å². The fourth-order valence-corrected chi connectivity index (χ4v) is 2.57. The minimum Gasteiger partial charge on any atom is -0.462 e. The third-order valence-corrected chi connectivity index (χ3v) is 3.91. The Morgan fingerprint density at radius 3 is 2.93 bits per heavy atom. The van der Waals surface area contributed by atoms with Crippen LogP contribution in [0.1, 0.15) is 16.8 Å². The number of hydrogen-bond acceptors (Lipinski definition) is 9. The van der Waals surface area contributed by atoms with E-state index in [2.05, 4.69) is 20.3 Å². The van der Waals surface area contributed by atoms with Crippen molar-refractivity contribution in [2.45, 2.75) is 13.0 Å². The number of ether oxygens (including phenoxy) is 1. The summed E-state index contributed by atoms with van der Waals surface area (Å²) in [5, 5.41) is 13.7. The summed E-state index contributed by atoms with van der Waals surface area (Å²) in [4.78, 5) is 34.8. The van der Waals surface area contributed by atoms with Crippen molar-refractivity contribution in [3.8, 4) is 0 Å². The van der Waals surface area contributed by atoms with Gasteiger partial charge in [-0.15, -0.1) is 0 Å². The molecule has 0 saturated carbocycles. The van der Waals surface area contributed by atoms with Gasteiger partial charge in [0.05, 0.1) is 23.4 Å². The second-order valence-electron chi connectivity index (χ2n) is 5.60. The number of nitrogens with two attached hydrogens (primary N) is 1. The average molecular weight is 371 g/mol. The van der Waals surface area contributed by atoms with Gasteiger partial charge in [0.2, 0.25) is 0 Å². The molecule has 1 aromatic carbocycles. The smallest absolute Gasteiger partial charge is 0.340 e. The quantitative estimate of drug-likeness (QED) is 0.273. The van der Waals surface area contributed by atoms with Crippen molar-refractivity contribution in [2.24, 2.45) is 0 Å². The summed E-state index contributed by atoms with van der Waals surface area (Å²) in [7, 11) is 1.62. The second kappa shape index (κ2) is 7.64. The first-order chi connectivity index (χ1) is 13.0. The van der Waals surface area contributed by atoms with Crippen molar-refractivity contribution in [1.29, 1.82) is 0 Å². The van der Waals surface area contributed by atoms with Gasteiger partial charge in [-0.1, -0.05) is 0 Å². The molecule has 140 valence electrons. The predicted molar refractivity (Wildman–Crippen MR) is 97.3 cm³/mol. The molecule has 11 heteroatoms. The summed E-state index contributed by atoms with van der Waals surface area (Å²) in [6.07, 6.45) is 3.46. The van der Waals surface area contributed by atoms with Gasteiger partial charge in [0.15, 0.2) is 11.5 Å². The Kier molecular flexibility index (Phi) is 5.11. The molecule has 3 N–H and O–H groups in total. The van der Waals surface area contributed by atoms with E-state index in [0.29, 0.717) is 35.6 Å². The van der Waals surface area contributed by atoms with Gasteiger partial charge in [-0.3, -0.25) is 10.1 Å². The number of fused-ring (bicyclic) bond motifs is 1. The van der Waals surface area contributed by atoms with Crippen LogP contribution in [0.25, 0.3) is 11.2 Å². The van der Waals surface area contributed by atoms with Gasteiger partial charge in [-0.05, 0) is 12.5 Å². The van der Waals surface area contributed by atoms with E-state index in [1.807, 2.05) is 0 Å². The third-order valence-electron chi connectivity index (χ3n) is 3.91. The Labute approximate surface area is 153 Å². The molecule has 0 unspecified atom stereocenters. The highest BCUT2D eigenvalue weighted by atomic mass is 16.6. The number of anilines is 2. The average Bonchev–Trinajstić information content (AvgIpc) is 3.09. The number of nitrogens with zero attached hydrogens (tertiary/aromatic N) is 5. The molecule has 0 aliphatic rings. The molecule has 0 amide bonds. The lowest BCUT2D eigenvalue weighted by atomic mass is 10.1. The number of aryl methyl sites for hydroxylation is 1. The lowest BCUT2D eigenvalue weighted by Crippen LogP contribution is -2.11. The van der Waals surface area contributed by atoms with Crippen LogP contribution in [-0.2, 0) is 11.3 Å². The highest BCUT2D eigenvalue weighted by Crippen LogP contribution is 2.22. The summed E-state index contributed by atoms with van der Waals surface area (Å²) < 4.78 is 7.03. The molecule has 0 aliphatic carbocycles. The molecular formula is C16H17N7O4. The van der Waals surface area contributed by atoms with Crippen LogP contribution in [0.2, 0.25) is 0 Å². The summed E-state index contributed by atoms with van der Waals surface area (Å²) in [5.41, 5.74) is 7.25. The van der Waals surface area contributed by atoms with Gasteiger partial charge in [0.25, 0.3) is 5.69 Å². The normalized spacial score (nSPS) is 10.7. The molecule has 2 heterocycles. The van der Waals surface area contributed by atoms with Gasteiger partial charge in [-0.25, -0.2) is 19.7 Å². The molecule has 0 radical (unpaired) electrons. The van der Waals surface area contributed by atoms with Crippen LogP contribution in [0.15, 0.2) is 30.9 Å². The Balaban J connectivity index is 1.62. The highest BCUT2D eigenvalue weighted by molar-refractivity contribution is 5.96. The SMILES string of the molecule is CNc1ccc([N+](=O)[O-])cc1C(=O)OCCCn1cnc2c(N)ncnc21. The van der Waals surface area contributed by atoms with Crippen LogP contribution in [-0.4, -0.2) is 44.1 Å². The van der Waals surface area contributed by atoms with E-state index < -0.39 is 10.9 Å². The molecule has 3 aromatic rings. The van der Waals surface area contributed by atoms with Gasteiger partial charge in [0.1, 0.15) is 11.8 Å². The monoisotopic (exact) mass is 371 g/mol. The number of imidazole rings is 1. The maximum Gasteiger partial charge on any atom is 0.340 e. The van der Waals surface area contributed by atoms with Crippen LogP contribution in [0.3, 0.4) is 0 Å². The maximum atomic E-state index is 12.3. The molecule has 2 aromatic heterocycles. The van der Waals surface area contributed by atoms with E-state index in [1.165, 1.54) is 24.5 Å². The van der Waals surface area contributed by atoms with Crippen LogP contribution < -0.4 is 11.1 Å². The van der Waals surface area contributed by atoms with Gasteiger partial charge >= 0.3 is 5.97 Å². The summed E-state index contributed by atoms with van der Waals surface area (Å²) in [5.74, 6) is -0.333. The topological polar surface area (TPSA) is 151 Å². The lowest BCUT2D eigenvalue weighted by Gasteiger charge is -2.09. The summed E-state index contributed by atoms with van der Waals surface area (Å²) >= 11 is 0. The third kappa shape index (κ3) is 3.76. The molecule has 0 aliphatic heterocycles. The Morgan fingerprint density at radius 2 is 2.19 bits per heavy atom. The van der Waals surface area contributed by atoms with E-state index in [4.69, 9.17) is 10.5 Å². The van der Waals surface area contributed by atoms with E-state index in [9.17, 15) is 14.9 Å². The number of hydrogen-bond donors (Lipinski definition) is 2. The zero-order valence-corrected chi connectivity index (χ0v) is 14.5. The Morgan fingerprint density at radius 1 is 1.37 bits per heavy atom. The van der Waals surface area contributed by atoms with Crippen molar-refractivity contribution in [3.05, 3.63) is 46.5 Å². The van der Waals surface area contributed by atoms with E-state index >= 15 is 0 Å².